The smallest absolute Gasteiger partial charge is 0.229 e. The summed E-state index contributed by atoms with van der Waals surface area (Å²) in [4.78, 5) is 15.1. The second kappa shape index (κ2) is 5.59. The first-order valence-corrected chi connectivity index (χ1v) is 8.41. The molecule has 0 saturated carbocycles. The SMILES string of the molecule is CS(=O)(=O)Nc1ccc(-c2csc(CC(N)=O)n2)cc1. The van der Waals surface area contributed by atoms with Gasteiger partial charge >= 0.3 is 0 Å². The summed E-state index contributed by atoms with van der Waals surface area (Å²) in [6.07, 6.45) is 1.22. The highest BCUT2D eigenvalue weighted by Crippen LogP contribution is 2.23. The fraction of sp³-hybridized carbons (Fsp3) is 0.167. The van der Waals surface area contributed by atoms with Crippen molar-refractivity contribution < 1.29 is 13.2 Å². The summed E-state index contributed by atoms with van der Waals surface area (Å²) in [5.41, 5.74) is 7.18. The Labute approximate surface area is 120 Å². The number of nitrogens with one attached hydrogen (secondary N) is 1. The van der Waals surface area contributed by atoms with Crippen LogP contribution in [0.25, 0.3) is 11.3 Å². The van der Waals surface area contributed by atoms with Crippen LogP contribution in [0.2, 0.25) is 0 Å². The fourth-order valence-corrected chi connectivity index (χ4v) is 2.97. The summed E-state index contributed by atoms with van der Waals surface area (Å²) < 4.78 is 24.6. The standard InChI is InChI=1S/C12H13N3O3S2/c1-20(17,18)15-9-4-2-8(3-5-9)10-7-19-12(14-10)6-11(13)16/h2-5,7,15H,6H2,1H3,(H2,13,16). The van der Waals surface area contributed by atoms with Crippen LogP contribution in [-0.2, 0) is 21.2 Å². The number of amides is 1. The van der Waals surface area contributed by atoms with Crippen molar-refractivity contribution in [2.24, 2.45) is 5.73 Å². The predicted molar refractivity (Wildman–Crippen MR) is 78.9 cm³/mol. The van der Waals surface area contributed by atoms with Crippen LogP contribution in [0.4, 0.5) is 5.69 Å². The molecular formula is C12H13N3O3S2. The number of hydrogen-bond donors (Lipinski definition) is 2. The van der Waals surface area contributed by atoms with Gasteiger partial charge in [0.05, 0.1) is 18.4 Å². The third kappa shape index (κ3) is 4.04. The van der Waals surface area contributed by atoms with E-state index in [4.69, 9.17) is 5.73 Å². The number of anilines is 1. The minimum absolute atomic E-state index is 0.123. The van der Waals surface area contributed by atoms with Crippen LogP contribution in [0.3, 0.4) is 0 Å². The summed E-state index contributed by atoms with van der Waals surface area (Å²) in [6, 6.07) is 6.83. The molecule has 2 aromatic rings. The van der Waals surface area contributed by atoms with Crippen LogP contribution in [0.1, 0.15) is 5.01 Å². The average Bonchev–Trinajstić information content (AvgIpc) is 2.75. The second-order valence-corrected chi connectivity index (χ2v) is 6.91. The highest BCUT2D eigenvalue weighted by atomic mass is 32.2. The van der Waals surface area contributed by atoms with Crippen LogP contribution in [0, 0.1) is 0 Å². The first kappa shape index (κ1) is 14.5. The number of aromatic nitrogens is 1. The van der Waals surface area contributed by atoms with Crippen LogP contribution in [0.15, 0.2) is 29.6 Å². The molecular weight excluding hydrogens is 298 g/mol. The number of nitrogens with zero attached hydrogens (tertiary/aromatic N) is 1. The van der Waals surface area contributed by atoms with Crippen molar-refractivity contribution in [2.45, 2.75) is 6.42 Å². The molecule has 1 heterocycles. The van der Waals surface area contributed by atoms with Gasteiger partial charge in [0.2, 0.25) is 15.9 Å². The van der Waals surface area contributed by atoms with Gasteiger partial charge in [-0.1, -0.05) is 12.1 Å². The molecule has 0 aliphatic carbocycles. The Hall–Kier alpha value is -1.93. The van der Waals surface area contributed by atoms with Crippen molar-refractivity contribution >= 4 is 33.0 Å². The Balaban J connectivity index is 2.17. The van der Waals surface area contributed by atoms with Crippen molar-refractivity contribution in [2.75, 3.05) is 11.0 Å². The van der Waals surface area contributed by atoms with Crippen LogP contribution in [0.5, 0.6) is 0 Å². The van der Waals surface area contributed by atoms with Gasteiger partial charge in [-0.15, -0.1) is 11.3 Å². The molecule has 0 atom stereocenters. The van der Waals surface area contributed by atoms with E-state index in [1.54, 1.807) is 24.3 Å². The maximum absolute atomic E-state index is 11.1. The van der Waals surface area contributed by atoms with Gasteiger partial charge in [-0.05, 0) is 12.1 Å². The van der Waals surface area contributed by atoms with Crippen LogP contribution >= 0.6 is 11.3 Å². The van der Waals surface area contributed by atoms with Crippen molar-refractivity contribution in [1.82, 2.24) is 4.98 Å². The van der Waals surface area contributed by atoms with Gasteiger partial charge in [0.15, 0.2) is 0 Å². The average molecular weight is 311 g/mol. The summed E-state index contributed by atoms with van der Waals surface area (Å²) in [6.45, 7) is 0. The van der Waals surface area contributed by atoms with Gasteiger partial charge in [-0.3, -0.25) is 9.52 Å². The number of hydrogen-bond acceptors (Lipinski definition) is 5. The lowest BCUT2D eigenvalue weighted by molar-refractivity contribution is -0.117. The topological polar surface area (TPSA) is 102 Å². The lowest BCUT2D eigenvalue weighted by Gasteiger charge is -2.04. The summed E-state index contributed by atoms with van der Waals surface area (Å²) >= 11 is 1.36. The van der Waals surface area contributed by atoms with Crippen LogP contribution in [-0.4, -0.2) is 25.6 Å². The number of carbonyl (C=O) groups is 1. The van der Waals surface area contributed by atoms with E-state index >= 15 is 0 Å². The van der Waals surface area contributed by atoms with Gasteiger partial charge in [-0.2, -0.15) is 0 Å². The highest BCUT2D eigenvalue weighted by Gasteiger charge is 2.07. The molecule has 3 N–H and O–H groups in total. The van der Waals surface area contributed by atoms with E-state index in [-0.39, 0.29) is 6.42 Å². The molecule has 0 fully saturated rings. The van der Waals surface area contributed by atoms with E-state index in [1.807, 2.05) is 5.38 Å². The normalized spacial score (nSPS) is 11.2. The monoisotopic (exact) mass is 311 g/mol. The number of carbonyl (C=O) groups excluding carboxylic acids is 1. The molecule has 0 spiro atoms. The zero-order chi connectivity index (χ0) is 14.8. The lowest BCUT2D eigenvalue weighted by atomic mass is 10.1. The van der Waals surface area contributed by atoms with Gasteiger partial charge in [0.25, 0.3) is 0 Å². The second-order valence-electron chi connectivity index (χ2n) is 4.22. The molecule has 0 aliphatic rings. The number of rotatable bonds is 5. The molecule has 1 amide bonds. The highest BCUT2D eigenvalue weighted by molar-refractivity contribution is 7.92. The van der Waals surface area contributed by atoms with E-state index < -0.39 is 15.9 Å². The van der Waals surface area contributed by atoms with Gasteiger partial charge < -0.3 is 5.73 Å². The Morgan fingerprint density at radius 1 is 1.35 bits per heavy atom. The minimum atomic E-state index is -3.28. The molecule has 1 aromatic heterocycles. The third-order valence-electron chi connectivity index (χ3n) is 2.36. The molecule has 0 bridgehead atoms. The molecule has 0 radical (unpaired) electrons. The summed E-state index contributed by atoms with van der Waals surface area (Å²) in [7, 11) is -3.28. The number of primary amides is 1. The van der Waals surface area contributed by atoms with E-state index in [0.717, 1.165) is 17.5 Å². The van der Waals surface area contributed by atoms with E-state index in [2.05, 4.69) is 9.71 Å². The number of nitrogens with two attached hydrogens (primary N) is 1. The van der Waals surface area contributed by atoms with Crippen molar-refractivity contribution in [3.63, 3.8) is 0 Å². The Bertz CT molecular complexity index is 721. The Morgan fingerprint density at radius 2 is 2.00 bits per heavy atom. The molecule has 0 unspecified atom stereocenters. The largest absolute Gasteiger partial charge is 0.369 e. The molecule has 8 heteroatoms. The van der Waals surface area contributed by atoms with Gasteiger partial charge in [-0.25, -0.2) is 13.4 Å². The Morgan fingerprint density at radius 3 is 2.55 bits per heavy atom. The number of sulfonamides is 1. The molecule has 20 heavy (non-hydrogen) atoms. The fourth-order valence-electron chi connectivity index (χ4n) is 1.60. The maximum atomic E-state index is 11.1. The molecule has 106 valence electrons. The van der Waals surface area contributed by atoms with Gasteiger partial charge in [0.1, 0.15) is 5.01 Å². The molecule has 2 rings (SSSR count). The van der Waals surface area contributed by atoms with Crippen molar-refractivity contribution in [1.29, 1.82) is 0 Å². The molecule has 0 saturated heterocycles. The third-order valence-corrected chi connectivity index (χ3v) is 3.82. The predicted octanol–water partition coefficient (Wildman–Crippen LogP) is 1.21. The first-order chi connectivity index (χ1) is 9.33. The van der Waals surface area contributed by atoms with Gasteiger partial charge in [0, 0.05) is 16.6 Å². The molecule has 6 nitrogen and oxygen atoms in total. The Kier molecular flexibility index (Phi) is 4.05. The summed E-state index contributed by atoms with van der Waals surface area (Å²) in [5, 5.41) is 2.49. The first-order valence-electron chi connectivity index (χ1n) is 5.64. The van der Waals surface area contributed by atoms with E-state index in [0.29, 0.717) is 10.7 Å². The van der Waals surface area contributed by atoms with E-state index in [1.165, 1.54) is 11.3 Å². The quantitative estimate of drug-likeness (QED) is 0.866. The zero-order valence-corrected chi connectivity index (χ0v) is 12.3. The molecule has 1 aromatic carbocycles. The van der Waals surface area contributed by atoms with Crippen molar-refractivity contribution in [3.05, 3.63) is 34.7 Å². The zero-order valence-electron chi connectivity index (χ0n) is 10.7. The number of thiazole rings is 1. The summed E-state index contributed by atoms with van der Waals surface area (Å²) in [5.74, 6) is -0.418. The van der Waals surface area contributed by atoms with E-state index in [9.17, 15) is 13.2 Å². The van der Waals surface area contributed by atoms with Crippen molar-refractivity contribution in [3.8, 4) is 11.3 Å². The maximum Gasteiger partial charge on any atom is 0.229 e. The number of benzene rings is 1. The van der Waals surface area contributed by atoms with Crippen LogP contribution < -0.4 is 10.5 Å². The lowest BCUT2D eigenvalue weighted by Crippen LogP contribution is -2.13. The molecule has 0 aliphatic heterocycles. The minimum Gasteiger partial charge on any atom is -0.369 e.